The van der Waals surface area contributed by atoms with Crippen LogP contribution in [0.3, 0.4) is 0 Å². The Kier molecular flexibility index (Phi) is 4.51. The zero-order valence-corrected chi connectivity index (χ0v) is 12.3. The number of anilines is 1. The summed E-state index contributed by atoms with van der Waals surface area (Å²) in [5.74, 6) is -0.331. The molecule has 0 unspecified atom stereocenters. The van der Waals surface area contributed by atoms with Crippen LogP contribution in [0.25, 0.3) is 0 Å². The van der Waals surface area contributed by atoms with Gasteiger partial charge in [0.05, 0.1) is 4.92 Å². The lowest BCUT2D eigenvalue weighted by Gasteiger charge is -2.08. The van der Waals surface area contributed by atoms with Crippen molar-refractivity contribution in [2.45, 2.75) is 6.54 Å². The molecule has 5 nitrogen and oxygen atoms in total. The van der Waals surface area contributed by atoms with Gasteiger partial charge < -0.3 is 5.32 Å². The molecule has 0 radical (unpaired) electrons. The lowest BCUT2D eigenvalue weighted by molar-refractivity contribution is -0.384. The van der Waals surface area contributed by atoms with Crippen LogP contribution in [0.5, 0.6) is 0 Å². The Hall–Kier alpha value is -1.73. The van der Waals surface area contributed by atoms with Crippen LogP contribution in [0.2, 0.25) is 5.02 Å². The van der Waals surface area contributed by atoms with Gasteiger partial charge in [-0.15, -0.1) is 0 Å². The number of nitrogens with zero attached hydrogens (tertiary/aromatic N) is 2. The Balaban J connectivity index is 2.23. The maximum atomic E-state index is 13.1. The molecule has 1 heterocycles. The first kappa shape index (κ1) is 14.7. The van der Waals surface area contributed by atoms with Gasteiger partial charge in [-0.2, -0.15) is 0 Å². The second-order valence-corrected chi connectivity index (χ2v) is 5.19. The maximum Gasteiger partial charge on any atom is 0.312 e. The second kappa shape index (κ2) is 6.15. The molecule has 0 fully saturated rings. The first-order valence-electron chi connectivity index (χ1n) is 5.45. The second-order valence-electron chi connectivity index (χ2n) is 3.87. The summed E-state index contributed by atoms with van der Waals surface area (Å²) in [6.45, 7) is 0.131. The van der Waals surface area contributed by atoms with E-state index in [4.69, 9.17) is 11.6 Å². The van der Waals surface area contributed by atoms with Crippen LogP contribution in [-0.4, -0.2) is 9.91 Å². The summed E-state index contributed by atoms with van der Waals surface area (Å²) in [4.78, 5) is 14.3. The Labute approximate surface area is 127 Å². The van der Waals surface area contributed by atoms with Crippen molar-refractivity contribution in [3.05, 3.63) is 61.5 Å². The summed E-state index contributed by atoms with van der Waals surface area (Å²) in [6, 6.07) is 5.27. The van der Waals surface area contributed by atoms with Gasteiger partial charge in [-0.3, -0.25) is 10.1 Å². The van der Waals surface area contributed by atoms with Gasteiger partial charge in [-0.1, -0.05) is 11.6 Å². The van der Waals surface area contributed by atoms with Crippen molar-refractivity contribution in [1.29, 1.82) is 0 Å². The van der Waals surface area contributed by atoms with Crippen molar-refractivity contribution < 1.29 is 9.31 Å². The number of nitrogens with one attached hydrogen (secondary N) is 1. The van der Waals surface area contributed by atoms with Crippen LogP contribution in [0.4, 0.5) is 15.9 Å². The van der Waals surface area contributed by atoms with Crippen LogP contribution < -0.4 is 5.32 Å². The summed E-state index contributed by atoms with van der Waals surface area (Å²) in [5, 5.41) is 14.1. The average molecular weight is 361 g/mol. The van der Waals surface area contributed by atoms with E-state index in [1.807, 2.05) is 0 Å². The molecule has 0 saturated heterocycles. The normalized spacial score (nSPS) is 10.3. The van der Waals surface area contributed by atoms with E-state index in [0.717, 1.165) is 0 Å². The molecule has 2 rings (SSSR count). The van der Waals surface area contributed by atoms with Crippen molar-refractivity contribution in [1.82, 2.24) is 4.98 Å². The quantitative estimate of drug-likeness (QED) is 0.657. The van der Waals surface area contributed by atoms with Crippen molar-refractivity contribution in [3.63, 3.8) is 0 Å². The number of aromatic nitrogens is 1. The smallest absolute Gasteiger partial charge is 0.312 e. The minimum absolute atomic E-state index is 0.0959. The van der Waals surface area contributed by atoms with Gasteiger partial charge in [0.15, 0.2) is 0 Å². The first-order valence-corrected chi connectivity index (χ1v) is 6.62. The molecule has 0 aliphatic carbocycles. The molecule has 0 aliphatic heterocycles. The van der Waals surface area contributed by atoms with Crippen LogP contribution in [0.15, 0.2) is 34.9 Å². The number of halogens is 3. The van der Waals surface area contributed by atoms with Crippen LogP contribution in [0.1, 0.15) is 5.56 Å². The molecule has 1 N–H and O–H groups in total. The SMILES string of the molecule is O=[N+]([O-])c1cc(Br)cnc1NCc1cc(F)ccc1Cl. The molecule has 1 aromatic heterocycles. The zero-order chi connectivity index (χ0) is 14.7. The van der Waals surface area contributed by atoms with E-state index in [1.165, 1.54) is 30.5 Å². The average Bonchev–Trinajstić information content (AvgIpc) is 2.40. The van der Waals surface area contributed by atoms with Crippen molar-refractivity contribution in [2.75, 3.05) is 5.32 Å². The largest absolute Gasteiger partial charge is 0.360 e. The lowest BCUT2D eigenvalue weighted by Crippen LogP contribution is -2.05. The van der Waals surface area contributed by atoms with Gasteiger partial charge in [-0.05, 0) is 39.7 Å². The van der Waals surface area contributed by atoms with E-state index in [-0.39, 0.29) is 18.1 Å². The Bertz CT molecular complexity index is 669. The number of nitro groups is 1. The van der Waals surface area contributed by atoms with Gasteiger partial charge in [-0.25, -0.2) is 9.37 Å². The molecule has 0 saturated carbocycles. The Morgan fingerprint density at radius 2 is 2.20 bits per heavy atom. The molecule has 0 spiro atoms. The monoisotopic (exact) mass is 359 g/mol. The summed E-state index contributed by atoms with van der Waals surface area (Å²) in [6.07, 6.45) is 1.43. The highest BCUT2D eigenvalue weighted by molar-refractivity contribution is 9.10. The lowest BCUT2D eigenvalue weighted by atomic mass is 10.2. The molecule has 2 aromatic rings. The molecule has 104 valence electrons. The van der Waals surface area contributed by atoms with Crippen LogP contribution >= 0.6 is 27.5 Å². The molecule has 20 heavy (non-hydrogen) atoms. The van der Waals surface area contributed by atoms with E-state index >= 15 is 0 Å². The molecule has 0 amide bonds. The zero-order valence-electron chi connectivity index (χ0n) is 9.94. The molecular weight excluding hydrogens is 353 g/mol. The molecule has 8 heteroatoms. The predicted octanol–water partition coefficient (Wildman–Crippen LogP) is 4.16. The fraction of sp³-hybridized carbons (Fsp3) is 0.0833. The highest BCUT2D eigenvalue weighted by Crippen LogP contribution is 2.26. The third-order valence-electron chi connectivity index (χ3n) is 2.48. The first-order chi connectivity index (χ1) is 9.47. The fourth-order valence-corrected chi connectivity index (χ4v) is 2.07. The summed E-state index contributed by atoms with van der Waals surface area (Å²) in [7, 11) is 0. The predicted molar refractivity (Wildman–Crippen MR) is 77.3 cm³/mol. The summed E-state index contributed by atoms with van der Waals surface area (Å²) < 4.78 is 13.6. The number of hydrogen-bond donors (Lipinski definition) is 1. The summed E-state index contributed by atoms with van der Waals surface area (Å²) in [5.41, 5.74) is 0.317. The van der Waals surface area contributed by atoms with Crippen molar-refractivity contribution >= 4 is 39.0 Å². The summed E-state index contributed by atoms with van der Waals surface area (Å²) >= 11 is 9.04. The Morgan fingerprint density at radius 3 is 2.90 bits per heavy atom. The molecule has 0 aliphatic rings. The minimum atomic E-state index is -0.548. The van der Waals surface area contributed by atoms with E-state index < -0.39 is 10.7 Å². The molecule has 0 atom stereocenters. The highest BCUT2D eigenvalue weighted by Gasteiger charge is 2.16. The number of rotatable bonds is 4. The topological polar surface area (TPSA) is 68.1 Å². The minimum Gasteiger partial charge on any atom is -0.360 e. The van der Waals surface area contributed by atoms with E-state index in [9.17, 15) is 14.5 Å². The van der Waals surface area contributed by atoms with Gasteiger partial charge in [0.25, 0.3) is 0 Å². The standard InChI is InChI=1S/C12H8BrClFN3O2/c13-8-4-11(18(19)20)12(17-6-8)16-5-7-3-9(15)1-2-10(7)14/h1-4,6H,5H2,(H,16,17). The fourth-order valence-electron chi connectivity index (χ4n) is 1.56. The van der Waals surface area contributed by atoms with Gasteiger partial charge >= 0.3 is 5.69 Å². The van der Waals surface area contributed by atoms with Crippen molar-refractivity contribution in [3.8, 4) is 0 Å². The molecule has 1 aromatic carbocycles. The van der Waals surface area contributed by atoms with Crippen molar-refractivity contribution in [2.24, 2.45) is 0 Å². The van der Waals surface area contributed by atoms with Crippen LogP contribution in [0, 0.1) is 15.9 Å². The molecular formula is C12H8BrClFN3O2. The Morgan fingerprint density at radius 1 is 1.45 bits per heavy atom. The van der Waals surface area contributed by atoms with Gasteiger partial charge in [0.1, 0.15) is 5.82 Å². The van der Waals surface area contributed by atoms with Gasteiger partial charge in [0.2, 0.25) is 5.82 Å². The third-order valence-corrected chi connectivity index (χ3v) is 3.29. The van der Waals surface area contributed by atoms with E-state index in [0.29, 0.717) is 15.1 Å². The van der Waals surface area contributed by atoms with Gasteiger partial charge in [0, 0.05) is 28.3 Å². The highest BCUT2D eigenvalue weighted by atomic mass is 79.9. The maximum absolute atomic E-state index is 13.1. The van der Waals surface area contributed by atoms with Crippen LogP contribution in [-0.2, 0) is 6.54 Å². The van der Waals surface area contributed by atoms with E-state index in [2.05, 4.69) is 26.2 Å². The third kappa shape index (κ3) is 3.43. The molecule has 0 bridgehead atoms. The number of pyridine rings is 1. The van der Waals surface area contributed by atoms with E-state index in [1.54, 1.807) is 0 Å². The number of benzene rings is 1. The number of hydrogen-bond acceptors (Lipinski definition) is 4.